The zero-order chi connectivity index (χ0) is 28.8. The summed E-state index contributed by atoms with van der Waals surface area (Å²) in [4.78, 5) is -1.19. The molecule has 3 rings (SSSR count). The van der Waals surface area contributed by atoms with Gasteiger partial charge < -0.3 is 0 Å². The second kappa shape index (κ2) is 10.5. The molecule has 38 heavy (non-hydrogen) atoms. The van der Waals surface area contributed by atoms with E-state index in [1.54, 1.807) is 46.8 Å². The van der Waals surface area contributed by atoms with Gasteiger partial charge >= 0.3 is 0 Å². The van der Waals surface area contributed by atoms with Crippen LogP contribution in [0, 0.1) is 20.8 Å². The first-order valence-electron chi connectivity index (χ1n) is 11.6. The van der Waals surface area contributed by atoms with Gasteiger partial charge in [0.05, 0.1) is 14.7 Å². The molecule has 0 bridgehead atoms. The van der Waals surface area contributed by atoms with Crippen molar-refractivity contribution in [1.29, 1.82) is 0 Å². The van der Waals surface area contributed by atoms with E-state index < -0.39 is 53.0 Å². The number of benzene rings is 3. The van der Waals surface area contributed by atoms with Crippen molar-refractivity contribution in [3.63, 3.8) is 0 Å². The molecule has 0 aliphatic heterocycles. The molecular formula is C26H30O9S3. The molecule has 3 N–H and O–H groups in total. The first-order valence-corrected chi connectivity index (χ1v) is 15.9. The first-order chi connectivity index (χ1) is 17.3. The highest BCUT2D eigenvalue weighted by molar-refractivity contribution is 7.86. The molecular weight excluding hydrogens is 552 g/mol. The van der Waals surface area contributed by atoms with Crippen LogP contribution in [0.3, 0.4) is 0 Å². The van der Waals surface area contributed by atoms with Crippen LogP contribution in [0.5, 0.6) is 0 Å². The smallest absolute Gasteiger partial charge is 0.282 e. The summed E-state index contributed by atoms with van der Waals surface area (Å²) in [6.45, 7) is 8.40. The predicted octanol–water partition coefficient (Wildman–Crippen LogP) is 5.04. The van der Waals surface area contributed by atoms with Gasteiger partial charge in [-0.1, -0.05) is 66.9 Å². The lowest BCUT2D eigenvalue weighted by Gasteiger charge is -2.33. The maximum atomic E-state index is 12.4. The summed E-state index contributed by atoms with van der Waals surface area (Å²) in [5.74, 6) is -2.62. The molecule has 0 amide bonds. The van der Waals surface area contributed by atoms with Crippen LogP contribution in [0.25, 0.3) is 0 Å². The van der Waals surface area contributed by atoms with Gasteiger partial charge in [-0.15, -0.1) is 0 Å². The van der Waals surface area contributed by atoms with Crippen LogP contribution >= 0.6 is 0 Å². The summed E-state index contributed by atoms with van der Waals surface area (Å²) >= 11 is 0. The normalized spacial score (nSPS) is 15.2. The quantitative estimate of drug-likeness (QED) is 0.309. The Morgan fingerprint density at radius 1 is 0.500 bits per heavy atom. The van der Waals surface area contributed by atoms with Crippen LogP contribution in [-0.4, -0.2) is 38.9 Å². The highest BCUT2D eigenvalue weighted by Crippen LogP contribution is 2.48. The summed E-state index contributed by atoms with van der Waals surface area (Å²) in [6.07, 6.45) is 0. The lowest BCUT2D eigenvalue weighted by atomic mass is 9.72. The minimum absolute atomic E-state index is 0.123. The van der Waals surface area contributed by atoms with Gasteiger partial charge in [0.1, 0.15) is 0 Å². The summed E-state index contributed by atoms with van der Waals surface area (Å²) in [5.41, 5.74) is 2.44. The Morgan fingerprint density at radius 3 is 1.05 bits per heavy atom. The van der Waals surface area contributed by atoms with E-state index in [1.165, 1.54) is 42.5 Å². The minimum Gasteiger partial charge on any atom is -0.282 e. The van der Waals surface area contributed by atoms with Crippen LogP contribution in [0.4, 0.5) is 0 Å². The van der Waals surface area contributed by atoms with Gasteiger partial charge in [-0.2, -0.15) is 25.3 Å². The molecule has 0 saturated heterocycles. The molecule has 206 valence electrons. The first kappa shape index (κ1) is 29.9. The Labute approximate surface area is 223 Å². The average molecular weight is 583 g/mol. The monoisotopic (exact) mass is 582 g/mol. The van der Waals surface area contributed by atoms with E-state index in [-0.39, 0.29) is 26.5 Å². The lowest BCUT2D eigenvalue weighted by molar-refractivity contribution is 0.450. The fourth-order valence-corrected chi connectivity index (χ4v) is 7.34. The maximum Gasteiger partial charge on any atom is 0.294 e. The molecule has 2 unspecified atom stereocenters. The number of rotatable bonds is 8. The standard InChI is InChI=1S/C26H30O9S3/c1-15-6-9-23(36(27,28)29)20(12-15)18(4)26(22-14-17(3)8-11-25(22)38(33,34)35)19(5)21-13-16(2)7-10-24(21)37(30,31)32/h6-14,18-19,26H,1-5H3,(H,27,28,29)(H,30,31,32)(H,33,34,35). The van der Waals surface area contributed by atoms with Crippen molar-refractivity contribution in [1.82, 2.24) is 0 Å². The molecule has 3 aromatic rings. The summed E-state index contributed by atoms with van der Waals surface area (Å²) in [5, 5.41) is 0. The predicted molar refractivity (Wildman–Crippen MR) is 143 cm³/mol. The van der Waals surface area contributed by atoms with E-state index >= 15 is 0 Å². The number of aryl methyl sites for hydroxylation is 3. The van der Waals surface area contributed by atoms with E-state index in [4.69, 9.17) is 0 Å². The van der Waals surface area contributed by atoms with Gasteiger partial charge in [0.15, 0.2) is 0 Å². The number of hydrogen-bond donors (Lipinski definition) is 3. The average Bonchev–Trinajstić information content (AvgIpc) is 2.76. The summed E-state index contributed by atoms with van der Waals surface area (Å²) in [6, 6.07) is 12.9. The topological polar surface area (TPSA) is 163 Å². The molecule has 0 saturated carbocycles. The third kappa shape index (κ3) is 6.33. The molecule has 0 aliphatic rings. The van der Waals surface area contributed by atoms with Crippen molar-refractivity contribution >= 4 is 30.4 Å². The Morgan fingerprint density at radius 2 is 0.763 bits per heavy atom. The Balaban J connectivity index is 2.46. The van der Waals surface area contributed by atoms with Gasteiger partial charge in [-0.05, 0) is 73.4 Å². The van der Waals surface area contributed by atoms with E-state index in [9.17, 15) is 38.9 Å². The molecule has 2 atom stereocenters. The molecule has 0 radical (unpaired) electrons. The largest absolute Gasteiger partial charge is 0.294 e. The Bertz CT molecular complexity index is 1620. The van der Waals surface area contributed by atoms with Crippen LogP contribution < -0.4 is 0 Å². The SMILES string of the molecule is Cc1ccc(S(=O)(=O)O)c(C(C)C(c2cc(C)ccc2S(=O)(=O)O)C(C)c2cc(C)ccc2S(=O)(=O)O)c1. The number of hydrogen-bond acceptors (Lipinski definition) is 6. The maximum absolute atomic E-state index is 12.4. The Hall–Kier alpha value is -2.61. The van der Waals surface area contributed by atoms with Gasteiger partial charge in [0, 0.05) is 0 Å². The van der Waals surface area contributed by atoms with Crippen molar-refractivity contribution < 1.29 is 38.9 Å². The third-order valence-electron chi connectivity index (χ3n) is 6.75. The van der Waals surface area contributed by atoms with Gasteiger partial charge in [0.25, 0.3) is 30.4 Å². The van der Waals surface area contributed by atoms with Crippen molar-refractivity contribution in [2.75, 3.05) is 0 Å². The summed E-state index contributed by atoms with van der Waals surface area (Å²) < 4.78 is 104. The third-order valence-corrected chi connectivity index (χ3v) is 9.53. The van der Waals surface area contributed by atoms with E-state index in [0.29, 0.717) is 16.7 Å². The van der Waals surface area contributed by atoms with Crippen molar-refractivity contribution in [3.8, 4) is 0 Å². The molecule has 12 heteroatoms. The molecule has 0 spiro atoms. The Kier molecular flexibility index (Phi) is 8.28. The minimum atomic E-state index is -4.76. The highest BCUT2D eigenvalue weighted by atomic mass is 32.2. The van der Waals surface area contributed by atoms with Crippen LogP contribution in [-0.2, 0) is 30.4 Å². The van der Waals surface area contributed by atoms with Crippen molar-refractivity contribution in [2.24, 2.45) is 0 Å². The molecule has 0 heterocycles. The highest BCUT2D eigenvalue weighted by Gasteiger charge is 2.36. The molecule has 9 nitrogen and oxygen atoms in total. The van der Waals surface area contributed by atoms with Crippen molar-refractivity contribution in [3.05, 3.63) is 88.0 Å². The fraction of sp³-hybridized carbons (Fsp3) is 0.308. The molecule has 0 aliphatic carbocycles. The lowest BCUT2D eigenvalue weighted by Crippen LogP contribution is -2.22. The second-order valence-electron chi connectivity index (χ2n) is 9.65. The van der Waals surface area contributed by atoms with Gasteiger partial charge in [-0.25, -0.2) is 0 Å². The van der Waals surface area contributed by atoms with Crippen LogP contribution in [0.15, 0.2) is 69.3 Å². The van der Waals surface area contributed by atoms with E-state index in [0.717, 1.165) is 0 Å². The zero-order valence-corrected chi connectivity index (χ0v) is 23.9. The van der Waals surface area contributed by atoms with E-state index in [2.05, 4.69) is 0 Å². The van der Waals surface area contributed by atoms with Gasteiger partial charge in [0.2, 0.25) is 0 Å². The van der Waals surface area contributed by atoms with Gasteiger partial charge in [-0.3, -0.25) is 13.7 Å². The molecule has 0 aromatic heterocycles. The molecule has 3 aromatic carbocycles. The molecule has 0 fully saturated rings. The summed E-state index contributed by atoms with van der Waals surface area (Å²) in [7, 11) is -14.1. The van der Waals surface area contributed by atoms with E-state index in [1.807, 2.05) is 0 Å². The van der Waals surface area contributed by atoms with Crippen molar-refractivity contribution in [2.45, 2.75) is 67.1 Å². The van der Waals surface area contributed by atoms with Crippen LogP contribution in [0.2, 0.25) is 0 Å². The fourth-order valence-electron chi connectivity index (χ4n) is 5.04. The second-order valence-corrected chi connectivity index (χ2v) is 13.8. The zero-order valence-electron chi connectivity index (χ0n) is 21.4. The van der Waals surface area contributed by atoms with Crippen LogP contribution in [0.1, 0.15) is 65.0 Å².